The summed E-state index contributed by atoms with van der Waals surface area (Å²) in [7, 11) is 2.83. The normalized spacial score (nSPS) is 11.2. The summed E-state index contributed by atoms with van der Waals surface area (Å²) in [5.74, 6) is -2.35. The average molecular weight is 258 g/mol. The van der Waals surface area contributed by atoms with Gasteiger partial charge in [0.05, 0.1) is 14.2 Å². The van der Waals surface area contributed by atoms with Crippen molar-refractivity contribution in [2.75, 3.05) is 14.2 Å². The maximum atomic E-state index is 13.5. The van der Waals surface area contributed by atoms with Crippen LogP contribution >= 0.6 is 0 Å². The van der Waals surface area contributed by atoms with E-state index in [0.717, 1.165) is 6.92 Å². The van der Waals surface area contributed by atoms with Gasteiger partial charge in [-0.1, -0.05) is 0 Å². The summed E-state index contributed by atoms with van der Waals surface area (Å²) < 4.78 is 37.1. The van der Waals surface area contributed by atoms with Crippen molar-refractivity contribution in [1.29, 1.82) is 0 Å². The van der Waals surface area contributed by atoms with Crippen LogP contribution in [0.3, 0.4) is 0 Å². The van der Waals surface area contributed by atoms with Gasteiger partial charge < -0.3 is 14.3 Å². The van der Waals surface area contributed by atoms with Crippen molar-refractivity contribution in [2.45, 2.75) is 25.7 Å². The molecule has 0 amide bonds. The summed E-state index contributed by atoms with van der Waals surface area (Å²) in [6.45, 7) is 0.818. The molecule has 0 radical (unpaired) electrons. The molecule has 3 nitrogen and oxygen atoms in total. The van der Waals surface area contributed by atoms with Gasteiger partial charge in [0.15, 0.2) is 11.5 Å². The standard InChI is InChI=1S/C13H16F2O3/c1-13(14,15)10-8-12(18-3)11(17-2)7-9(10)5-4-6-16/h6-8H,4-5H2,1-3H3. The first-order valence-electron chi connectivity index (χ1n) is 5.50. The molecule has 1 rings (SSSR count). The topological polar surface area (TPSA) is 35.5 Å². The summed E-state index contributed by atoms with van der Waals surface area (Å²) in [6.07, 6.45) is 1.15. The fraction of sp³-hybridized carbons (Fsp3) is 0.462. The Bertz CT molecular complexity index is 425. The zero-order valence-electron chi connectivity index (χ0n) is 10.6. The third-order valence-electron chi connectivity index (χ3n) is 2.61. The Labute approximate surface area is 105 Å². The number of aryl methyl sites for hydroxylation is 1. The van der Waals surface area contributed by atoms with Crippen molar-refractivity contribution in [2.24, 2.45) is 0 Å². The first-order valence-corrected chi connectivity index (χ1v) is 5.50. The van der Waals surface area contributed by atoms with Gasteiger partial charge in [-0.25, -0.2) is 8.78 Å². The Morgan fingerprint density at radius 2 is 1.78 bits per heavy atom. The zero-order valence-corrected chi connectivity index (χ0v) is 10.6. The van der Waals surface area contributed by atoms with Gasteiger partial charge in [0, 0.05) is 18.9 Å². The molecular weight excluding hydrogens is 242 g/mol. The molecule has 18 heavy (non-hydrogen) atoms. The molecule has 0 aromatic heterocycles. The highest BCUT2D eigenvalue weighted by Gasteiger charge is 2.29. The van der Waals surface area contributed by atoms with Crippen LogP contribution in [0.5, 0.6) is 11.5 Å². The number of halogens is 2. The summed E-state index contributed by atoms with van der Waals surface area (Å²) in [6, 6.07) is 2.76. The van der Waals surface area contributed by atoms with Crippen LogP contribution in [0, 0.1) is 0 Å². The zero-order chi connectivity index (χ0) is 13.8. The molecule has 0 atom stereocenters. The number of carbonyl (C=O) groups is 1. The van der Waals surface area contributed by atoms with E-state index in [2.05, 4.69) is 0 Å². The van der Waals surface area contributed by atoms with Crippen LogP contribution in [0.1, 0.15) is 24.5 Å². The van der Waals surface area contributed by atoms with Crippen molar-refractivity contribution in [3.05, 3.63) is 23.3 Å². The monoisotopic (exact) mass is 258 g/mol. The summed E-state index contributed by atoms with van der Waals surface area (Å²) >= 11 is 0. The number of carbonyl (C=O) groups excluding carboxylic acids is 1. The molecule has 0 aliphatic heterocycles. The van der Waals surface area contributed by atoms with E-state index in [9.17, 15) is 13.6 Å². The van der Waals surface area contributed by atoms with E-state index in [4.69, 9.17) is 9.47 Å². The molecule has 5 heteroatoms. The quantitative estimate of drug-likeness (QED) is 0.736. The van der Waals surface area contributed by atoms with Crippen LogP contribution in [0.15, 0.2) is 12.1 Å². The van der Waals surface area contributed by atoms with E-state index in [0.29, 0.717) is 17.6 Å². The molecular formula is C13H16F2O3. The van der Waals surface area contributed by atoms with Gasteiger partial charge in [-0.3, -0.25) is 0 Å². The largest absolute Gasteiger partial charge is 0.493 e. The molecule has 0 heterocycles. The van der Waals surface area contributed by atoms with Gasteiger partial charge >= 0.3 is 0 Å². The van der Waals surface area contributed by atoms with E-state index in [1.54, 1.807) is 0 Å². The summed E-state index contributed by atoms with van der Waals surface area (Å²) in [4.78, 5) is 10.4. The minimum Gasteiger partial charge on any atom is -0.493 e. The maximum Gasteiger partial charge on any atom is 0.270 e. The van der Waals surface area contributed by atoms with Crippen molar-refractivity contribution < 1.29 is 23.0 Å². The minimum absolute atomic E-state index is 0.137. The van der Waals surface area contributed by atoms with E-state index in [1.165, 1.54) is 26.4 Å². The highest BCUT2D eigenvalue weighted by atomic mass is 19.3. The van der Waals surface area contributed by atoms with E-state index >= 15 is 0 Å². The third kappa shape index (κ3) is 3.18. The van der Waals surface area contributed by atoms with E-state index in [-0.39, 0.29) is 24.2 Å². The predicted octanol–water partition coefficient (Wildman–Crippen LogP) is 2.95. The molecule has 1 aromatic rings. The number of rotatable bonds is 6. The molecule has 100 valence electrons. The Morgan fingerprint density at radius 1 is 1.22 bits per heavy atom. The van der Waals surface area contributed by atoms with Crippen molar-refractivity contribution in [1.82, 2.24) is 0 Å². The molecule has 0 fully saturated rings. The van der Waals surface area contributed by atoms with E-state index < -0.39 is 5.92 Å². The number of alkyl halides is 2. The second kappa shape index (κ2) is 5.80. The summed E-state index contributed by atoms with van der Waals surface area (Å²) in [5, 5.41) is 0. The fourth-order valence-corrected chi connectivity index (χ4v) is 1.75. The van der Waals surface area contributed by atoms with Gasteiger partial charge in [-0.2, -0.15) is 0 Å². The lowest BCUT2D eigenvalue weighted by atomic mass is 9.98. The predicted molar refractivity (Wildman–Crippen MR) is 63.5 cm³/mol. The van der Waals surface area contributed by atoms with Crippen LogP contribution in [0.2, 0.25) is 0 Å². The lowest BCUT2D eigenvalue weighted by molar-refractivity contribution is -0.107. The lowest BCUT2D eigenvalue weighted by Crippen LogP contribution is -2.12. The molecule has 0 saturated carbocycles. The van der Waals surface area contributed by atoms with Gasteiger partial charge in [-0.05, 0) is 24.1 Å². The summed E-state index contributed by atoms with van der Waals surface area (Å²) in [5.41, 5.74) is 0.259. The number of aldehydes is 1. The highest BCUT2D eigenvalue weighted by Crippen LogP contribution is 2.38. The lowest BCUT2D eigenvalue weighted by Gasteiger charge is -2.18. The van der Waals surface area contributed by atoms with Gasteiger partial charge in [0.25, 0.3) is 5.92 Å². The number of ether oxygens (including phenoxy) is 2. The number of hydrogen-bond acceptors (Lipinski definition) is 3. The Morgan fingerprint density at radius 3 is 2.22 bits per heavy atom. The molecule has 0 aliphatic carbocycles. The second-order valence-electron chi connectivity index (χ2n) is 3.96. The highest BCUT2D eigenvalue weighted by molar-refractivity contribution is 5.53. The van der Waals surface area contributed by atoms with Crippen LogP contribution < -0.4 is 9.47 Å². The molecule has 1 aromatic carbocycles. The van der Waals surface area contributed by atoms with Crippen LogP contribution in [0.4, 0.5) is 8.78 Å². The molecule has 0 spiro atoms. The number of benzene rings is 1. The SMILES string of the molecule is COc1cc(CCC=O)c(C(C)(F)F)cc1OC. The second-order valence-corrected chi connectivity index (χ2v) is 3.96. The first-order chi connectivity index (χ1) is 8.43. The molecule has 0 aliphatic rings. The van der Waals surface area contributed by atoms with Gasteiger partial charge in [-0.15, -0.1) is 0 Å². The van der Waals surface area contributed by atoms with Crippen LogP contribution in [-0.2, 0) is 17.1 Å². The van der Waals surface area contributed by atoms with Crippen molar-refractivity contribution >= 4 is 6.29 Å². The molecule has 0 bridgehead atoms. The van der Waals surface area contributed by atoms with Crippen molar-refractivity contribution in [3.8, 4) is 11.5 Å². The van der Waals surface area contributed by atoms with Crippen molar-refractivity contribution in [3.63, 3.8) is 0 Å². The fourth-order valence-electron chi connectivity index (χ4n) is 1.75. The van der Waals surface area contributed by atoms with Gasteiger partial charge in [0.1, 0.15) is 6.29 Å². The van der Waals surface area contributed by atoms with E-state index in [1.807, 2.05) is 0 Å². The Balaban J connectivity index is 3.31. The van der Waals surface area contributed by atoms with Gasteiger partial charge in [0.2, 0.25) is 0 Å². The maximum absolute atomic E-state index is 13.5. The number of methoxy groups -OCH3 is 2. The minimum atomic E-state index is -2.99. The Hall–Kier alpha value is -1.65. The van der Waals surface area contributed by atoms with Crippen LogP contribution in [0.25, 0.3) is 0 Å². The Kier molecular flexibility index (Phi) is 4.64. The van der Waals surface area contributed by atoms with Crippen LogP contribution in [-0.4, -0.2) is 20.5 Å². The molecule has 0 unspecified atom stereocenters. The number of hydrogen-bond donors (Lipinski definition) is 0. The first kappa shape index (κ1) is 14.4. The molecule has 0 N–H and O–H groups in total. The molecule has 0 saturated heterocycles. The smallest absolute Gasteiger partial charge is 0.270 e. The average Bonchev–Trinajstić information content (AvgIpc) is 2.33. The third-order valence-corrected chi connectivity index (χ3v) is 2.61.